The number of alkyl carbamates (subject to hydrolysis) is 1. The largest absolute Gasteiger partial charge is 0.480 e. The van der Waals surface area contributed by atoms with Gasteiger partial charge in [0.2, 0.25) is 5.88 Å². The van der Waals surface area contributed by atoms with Gasteiger partial charge in [-0.2, -0.15) is 5.10 Å². The number of methoxy groups -OCH3 is 1. The molecule has 28 heavy (non-hydrogen) atoms. The Kier molecular flexibility index (Phi) is 4.82. The summed E-state index contributed by atoms with van der Waals surface area (Å²) in [7, 11) is 1.56. The first-order chi connectivity index (χ1) is 13.4. The zero-order chi connectivity index (χ0) is 19.7. The number of carbonyl (C=O) groups excluding carboxylic acids is 1. The predicted molar refractivity (Wildman–Crippen MR) is 103 cm³/mol. The molecule has 0 radical (unpaired) electrons. The molecule has 2 saturated carbocycles. The zero-order valence-corrected chi connectivity index (χ0v) is 16.4. The number of anilines is 2. The molecule has 0 saturated heterocycles. The van der Waals surface area contributed by atoms with Crippen LogP contribution in [0.3, 0.4) is 0 Å². The molecule has 2 unspecified atom stereocenters. The van der Waals surface area contributed by atoms with Crippen molar-refractivity contribution in [1.82, 2.24) is 25.5 Å². The second-order valence-electron chi connectivity index (χ2n) is 7.90. The van der Waals surface area contributed by atoms with Crippen LogP contribution in [0.15, 0.2) is 12.3 Å². The van der Waals surface area contributed by atoms with E-state index in [2.05, 4.69) is 30.8 Å². The predicted octanol–water partition coefficient (Wildman–Crippen LogP) is 3.18. The SMILES string of the molecule is COc1cnc(Nc2cc(C3CCC(OC(=O)NC4(C)CC4)C3)[nH]n2)c(C)n1. The van der Waals surface area contributed by atoms with Gasteiger partial charge >= 0.3 is 6.09 Å². The topological polar surface area (TPSA) is 114 Å². The van der Waals surface area contributed by atoms with Gasteiger partial charge in [-0.1, -0.05) is 0 Å². The first kappa shape index (κ1) is 18.5. The molecule has 3 N–H and O–H groups in total. The molecule has 9 heteroatoms. The van der Waals surface area contributed by atoms with Crippen LogP contribution in [0.4, 0.5) is 16.4 Å². The van der Waals surface area contributed by atoms with Crippen LogP contribution in [-0.2, 0) is 4.74 Å². The normalized spacial score (nSPS) is 22.5. The molecule has 1 amide bonds. The van der Waals surface area contributed by atoms with Crippen molar-refractivity contribution in [2.75, 3.05) is 12.4 Å². The maximum Gasteiger partial charge on any atom is 0.407 e. The van der Waals surface area contributed by atoms with E-state index in [0.29, 0.717) is 23.4 Å². The van der Waals surface area contributed by atoms with Gasteiger partial charge in [0, 0.05) is 23.2 Å². The number of H-pyrrole nitrogens is 1. The smallest absolute Gasteiger partial charge is 0.407 e. The van der Waals surface area contributed by atoms with Crippen LogP contribution in [-0.4, -0.2) is 45.0 Å². The molecule has 2 aliphatic carbocycles. The number of nitrogens with one attached hydrogen (secondary N) is 3. The highest BCUT2D eigenvalue weighted by Crippen LogP contribution is 2.37. The van der Waals surface area contributed by atoms with E-state index in [0.717, 1.165) is 43.5 Å². The number of aryl methyl sites for hydroxylation is 1. The van der Waals surface area contributed by atoms with Gasteiger partial charge < -0.3 is 20.1 Å². The van der Waals surface area contributed by atoms with Crippen molar-refractivity contribution in [2.45, 2.75) is 63.5 Å². The van der Waals surface area contributed by atoms with Crippen molar-refractivity contribution in [3.05, 3.63) is 23.7 Å². The van der Waals surface area contributed by atoms with Gasteiger partial charge in [-0.3, -0.25) is 5.10 Å². The molecule has 2 aromatic rings. The third-order valence-electron chi connectivity index (χ3n) is 5.48. The summed E-state index contributed by atoms with van der Waals surface area (Å²) in [6, 6.07) is 1.98. The van der Waals surface area contributed by atoms with E-state index in [4.69, 9.17) is 9.47 Å². The van der Waals surface area contributed by atoms with Crippen molar-refractivity contribution in [3.63, 3.8) is 0 Å². The van der Waals surface area contributed by atoms with E-state index < -0.39 is 0 Å². The van der Waals surface area contributed by atoms with Gasteiger partial charge in [-0.15, -0.1) is 0 Å². The fourth-order valence-electron chi connectivity index (χ4n) is 3.48. The first-order valence-corrected chi connectivity index (χ1v) is 9.63. The van der Waals surface area contributed by atoms with Gasteiger partial charge in [0.05, 0.1) is 19.0 Å². The lowest BCUT2D eigenvalue weighted by molar-refractivity contribution is 0.0967. The number of nitrogens with zero attached hydrogens (tertiary/aromatic N) is 3. The van der Waals surface area contributed by atoms with Crippen molar-refractivity contribution in [3.8, 4) is 5.88 Å². The lowest BCUT2D eigenvalue weighted by Crippen LogP contribution is -2.36. The Balaban J connectivity index is 1.32. The summed E-state index contributed by atoms with van der Waals surface area (Å²) in [4.78, 5) is 20.6. The summed E-state index contributed by atoms with van der Waals surface area (Å²) in [5.41, 5.74) is 1.71. The number of aromatic nitrogens is 4. The van der Waals surface area contributed by atoms with E-state index >= 15 is 0 Å². The molecule has 9 nitrogen and oxygen atoms in total. The Morgan fingerprint density at radius 1 is 1.36 bits per heavy atom. The summed E-state index contributed by atoms with van der Waals surface area (Å²) in [5, 5.41) is 13.5. The summed E-state index contributed by atoms with van der Waals surface area (Å²) < 4.78 is 10.7. The monoisotopic (exact) mass is 386 g/mol. The molecule has 0 aromatic carbocycles. The van der Waals surface area contributed by atoms with Gasteiger partial charge in [-0.25, -0.2) is 14.8 Å². The number of hydrogen-bond acceptors (Lipinski definition) is 7. The molecule has 0 bridgehead atoms. The second kappa shape index (κ2) is 7.29. The highest BCUT2D eigenvalue weighted by molar-refractivity contribution is 5.69. The van der Waals surface area contributed by atoms with E-state index in [1.165, 1.54) is 0 Å². The first-order valence-electron chi connectivity index (χ1n) is 9.63. The number of ether oxygens (including phenoxy) is 2. The summed E-state index contributed by atoms with van der Waals surface area (Å²) in [6.45, 7) is 3.90. The van der Waals surface area contributed by atoms with Crippen molar-refractivity contribution >= 4 is 17.7 Å². The lowest BCUT2D eigenvalue weighted by Gasteiger charge is -2.16. The van der Waals surface area contributed by atoms with Crippen LogP contribution in [0.1, 0.15) is 56.3 Å². The summed E-state index contributed by atoms with van der Waals surface area (Å²) >= 11 is 0. The van der Waals surface area contributed by atoms with Gasteiger partial charge in [0.25, 0.3) is 0 Å². The van der Waals surface area contributed by atoms with Crippen LogP contribution in [0, 0.1) is 6.92 Å². The zero-order valence-electron chi connectivity index (χ0n) is 16.4. The average molecular weight is 386 g/mol. The molecule has 0 spiro atoms. The van der Waals surface area contributed by atoms with Crippen molar-refractivity contribution in [2.24, 2.45) is 0 Å². The van der Waals surface area contributed by atoms with Gasteiger partial charge in [-0.05, 0) is 46.0 Å². The Morgan fingerprint density at radius 2 is 2.18 bits per heavy atom. The van der Waals surface area contributed by atoms with E-state index in [1.54, 1.807) is 13.3 Å². The molecule has 0 aliphatic heterocycles. The van der Waals surface area contributed by atoms with Crippen molar-refractivity contribution in [1.29, 1.82) is 0 Å². The van der Waals surface area contributed by atoms with Crippen molar-refractivity contribution < 1.29 is 14.3 Å². The van der Waals surface area contributed by atoms with Crippen LogP contribution in [0.25, 0.3) is 0 Å². The Labute approximate surface area is 163 Å². The lowest BCUT2D eigenvalue weighted by atomic mass is 10.0. The highest BCUT2D eigenvalue weighted by atomic mass is 16.6. The van der Waals surface area contributed by atoms with Crippen LogP contribution < -0.4 is 15.4 Å². The van der Waals surface area contributed by atoms with Crippen LogP contribution in [0.5, 0.6) is 5.88 Å². The Hall–Kier alpha value is -2.84. The molecule has 150 valence electrons. The number of aromatic amines is 1. The fraction of sp³-hybridized carbons (Fsp3) is 0.579. The molecule has 2 aliphatic rings. The van der Waals surface area contributed by atoms with Gasteiger partial charge in [0.1, 0.15) is 6.10 Å². The molecule has 2 aromatic heterocycles. The van der Waals surface area contributed by atoms with E-state index in [1.807, 2.05) is 19.9 Å². The van der Waals surface area contributed by atoms with Crippen LogP contribution in [0.2, 0.25) is 0 Å². The number of carbonyl (C=O) groups is 1. The maximum absolute atomic E-state index is 12.0. The van der Waals surface area contributed by atoms with E-state index in [9.17, 15) is 4.79 Å². The quantitative estimate of drug-likeness (QED) is 0.698. The highest BCUT2D eigenvalue weighted by Gasteiger charge is 2.40. The molecular formula is C19H26N6O3. The molecular weight excluding hydrogens is 360 g/mol. The van der Waals surface area contributed by atoms with E-state index in [-0.39, 0.29) is 17.7 Å². The maximum atomic E-state index is 12.0. The molecule has 2 fully saturated rings. The minimum absolute atomic E-state index is 0.0539. The summed E-state index contributed by atoms with van der Waals surface area (Å²) in [5.74, 6) is 2.08. The molecule has 2 heterocycles. The fourth-order valence-corrected chi connectivity index (χ4v) is 3.48. The number of rotatable bonds is 6. The Bertz CT molecular complexity index is 863. The standard InChI is InChI=1S/C19H26N6O3/c1-11-17(20-10-16(21-11)27-3)22-15-9-14(24-25-15)12-4-5-13(8-12)28-18(26)23-19(2)6-7-19/h9-10,12-13H,4-8H2,1-3H3,(H,23,26)(H2,20,22,24,25). The van der Waals surface area contributed by atoms with Crippen LogP contribution >= 0.6 is 0 Å². The molecule has 4 rings (SSSR count). The van der Waals surface area contributed by atoms with Gasteiger partial charge in [0.15, 0.2) is 11.6 Å². The minimum Gasteiger partial charge on any atom is -0.480 e. The summed E-state index contributed by atoms with van der Waals surface area (Å²) in [6.07, 6.45) is 5.88. The minimum atomic E-state index is -0.300. The Morgan fingerprint density at radius 3 is 2.89 bits per heavy atom. The number of amides is 1. The third kappa shape index (κ3) is 4.18. The second-order valence-corrected chi connectivity index (χ2v) is 7.90. The third-order valence-corrected chi connectivity index (χ3v) is 5.48. The number of hydrogen-bond donors (Lipinski definition) is 3. The average Bonchev–Trinajstić information content (AvgIpc) is 3.05. The molecule has 2 atom stereocenters.